The van der Waals surface area contributed by atoms with Crippen LogP contribution in [0, 0.1) is 0 Å². The van der Waals surface area contributed by atoms with E-state index >= 15 is 0 Å². The predicted molar refractivity (Wildman–Crippen MR) is 98.4 cm³/mol. The lowest BCUT2D eigenvalue weighted by Gasteiger charge is -2.38. The summed E-state index contributed by atoms with van der Waals surface area (Å²) in [6.07, 6.45) is 1.34. The topological polar surface area (TPSA) is 89.6 Å². The number of carbonyl (C=O) groups excluding carboxylic acids is 1. The lowest BCUT2D eigenvalue weighted by molar-refractivity contribution is -0.0945. The first-order valence-corrected chi connectivity index (χ1v) is 8.42. The van der Waals surface area contributed by atoms with Gasteiger partial charge in [-0.2, -0.15) is 0 Å². The van der Waals surface area contributed by atoms with Crippen molar-refractivity contribution in [3.63, 3.8) is 0 Å². The van der Waals surface area contributed by atoms with E-state index in [9.17, 15) is 13.6 Å². The zero-order valence-corrected chi connectivity index (χ0v) is 15.1. The average Bonchev–Trinajstić information content (AvgIpc) is 2.61. The Morgan fingerprint density at radius 3 is 2.78 bits per heavy atom. The van der Waals surface area contributed by atoms with Gasteiger partial charge >= 0.3 is 0 Å². The minimum absolute atomic E-state index is 0.00348. The van der Waals surface area contributed by atoms with Crippen molar-refractivity contribution in [2.24, 2.45) is 10.7 Å². The number of pyridine rings is 1. The summed E-state index contributed by atoms with van der Waals surface area (Å²) in [5, 5.41) is 3.02. The molecule has 9 heteroatoms. The smallest absolute Gasteiger partial charge is 0.276 e. The number of aliphatic imine (C=N–C) groups is 1. The van der Waals surface area contributed by atoms with Crippen LogP contribution in [0.5, 0.6) is 0 Å². The number of halogens is 3. The van der Waals surface area contributed by atoms with E-state index in [0.29, 0.717) is 10.7 Å². The fourth-order valence-electron chi connectivity index (χ4n) is 2.80. The molecule has 0 spiro atoms. The van der Waals surface area contributed by atoms with Crippen molar-refractivity contribution >= 4 is 29.0 Å². The van der Waals surface area contributed by atoms with Crippen molar-refractivity contribution < 1.29 is 18.3 Å². The molecule has 1 aliphatic rings. The largest absolute Gasteiger partial charge is 0.385 e. The zero-order valence-electron chi connectivity index (χ0n) is 14.4. The molecule has 0 bridgehead atoms. The molecule has 1 amide bonds. The molecule has 1 atom stereocenters. The summed E-state index contributed by atoms with van der Waals surface area (Å²) in [5.74, 6) is -3.75. The van der Waals surface area contributed by atoms with Crippen LogP contribution in [-0.4, -0.2) is 35.9 Å². The molecule has 1 aliphatic heterocycles. The third-order valence-electron chi connectivity index (χ3n) is 4.18. The van der Waals surface area contributed by atoms with Crippen LogP contribution in [0.4, 0.5) is 14.5 Å². The normalized spacial score (nSPS) is 20.1. The molecule has 0 saturated carbocycles. The van der Waals surface area contributed by atoms with E-state index in [0.717, 1.165) is 6.92 Å². The number of anilines is 1. The van der Waals surface area contributed by atoms with E-state index in [2.05, 4.69) is 15.3 Å². The lowest BCUT2D eigenvalue weighted by atomic mass is 9.84. The Kier molecular flexibility index (Phi) is 5.12. The maximum atomic E-state index is 14.5. The number of rotatable bonds is 4. The molecule has 27 heavy (non-hydrogen) atoms. The highest BCUT2D eigenvalue weighted by Gasteiger charge is 2.53. The standard InChI is InChI=1S/C18H17ClF2N4O2/c1-17(20,21)18(10-27-9-15(22)25-18)11-3-2-4-13(7-11)24-16(26)14-6-5-12(19)8-23-14/h2-8H,9-10H2,1H3,(H2,22,25)(H,24,26). The number of amides is 1. The van der Waals surface area contributed by atoms with E-state index in [1.165, 1.54) is 30.5 Å². The summed E-state index contributed by atoms with van der Waals surface area (Å²) < 4.78 is 34.2. The number of amidine groups is 1. The first-order chi connectivity index (χ1) is 12.7. The Bertz CT molecular complexity index is 884. The molecule has 142 valence electrons. The number of carbonyl (C=O) groups is 1. The maximum absolute atomic E-state index is 14.5. The van der Waals surface area contributed by atoms with Crippen LogP contribution in [0.3, 0.4) is 0 Å². The molecule has 0 radical (unpaired) electrons. The molecule has 6 nitrogen and oxygen atoms in total. The Morgan fingerprint density at radius 1 is 1.37 bits per heavy atom. The van der Waals surface area contributed by atoms with Crippen LogP contribution < -0.4 is 11.1 Å². The van der Waals surface area contributed by atoms with E-state index in [-0.39, 0.29) is 30.3 Å². The Balaban J connectivity index is 1.93. The lowest BCUT2D eigenvalue weighted by Crippen LogP contribution is -2.50. The number of ether oxygens (including phenoxy) is 1. The van der Waals surface area contributed by atoms with Gasteiger partial charge in [-0.15, -0.1) is 0 Å². The Hall–Kier alpha value is -2.58. The zero-order chi connectivity index (χ0) is 19.7. The highest BCUT2D eigenvalue weighted by molar-refractivity contribution is 6.30. The highest BCUT2D eigenvalue weighted by Crippen LogP contribution is 2.43. The van der Waals surface area contributed by atoms with Gasteiger partial charge in [-0.25, -0.2) is 13.8 Å². The second-order valence-electron chi connectivity index (χ2n) is 6.24. The molecule has 3 rings (SSSR count). The van der Waals surface area contributed by atoms with Gasteiger partial charge in [0, 0.05) is 18.8 Å². The number of aromatic nitrogens is 1. The second kappa shape index (κ2) is 7.21. The van der Waals surface area contributed by atoms with Gasteiger partial charge in [0.25, 0.3) is 11.8 Å². The molecule has 1 unspecified atom stereocenters. The third-order valence-corrected chi connectivity index (χ3v) is 4.40. The van der Waals surface area contributed by atoms with Crippen LogP contribution in [0.15, 0.2) is 47.6 Å². The Labute approximate surface area is 159 Å². The van der Waals surface area contributed by atoms with Crippen molar-refractivity contribution in [2.75, 3.05) is 18.5 Å². The molecule has 2 aromatic rings. The van der Waals surface area contributed by atoms with Gasteiger partial charge in [0.1, 0.15) is 18.1 Å². The van der Waals surface area contributed by atoms with E-state index < -0.39 is 17.4 Å². The number of nitrogens with zero attached hydrogens (tertiary/aromatic N) is 2. The van der Waals surface area contributed by atoms with Crippen LogP contribution in [0.1, 0.15) is 23.0 Å². The first-order valence-electron chi connectivity index (χ1n) is 8.04. The van der Waals surface area contributed by atoms with Gasteiger partial charge in [-0.05, 0) is 29.8 Å². The molecule has 0 aliphatic carbocycles. The third kappa shape index (κ3) is 3.91. The SMILES string of the molecule is CC(F)(F)C1(c2cccc(NC(=O)c3ccc(Cl)cn3)c2)COCC(N)=N1. The average molecular weight is 395 g/mol. The Morgan fingerprint density at radius 2 is 2.15 bits per heavy atom. The fourth-order valence-corrected chi connectivity index (χ4v) is 2.91. The number of alkyl halides is 2. The van der Waals surface area contributed by atoms with Gasteiger partial charge in [-0.1, -0.05) is 23.7 Å². The van der Waals surface area contributed by atoms with Gasteiger partial charge in [0.05, 0.1) is 11.6 Å². The molecule has 0 saturated heterocycles. The van der Waals surface area contributed by atoms with Crippen molar-refractivity contribution in [3.05, 3.63) is 58.9 Å². The molecular weight excluding hydrogens is 378 g/mol. The van der Waals surface area contributed by atoms with Crippen molar-refractivity contribution in [1.82, 2.24) is 4.98 Å². The summed E-state index contributed by atoms with van der Waals surface area (Å²) >= 11 is 5.75. The molecule has 1 aromatic carbocycles. The molecule has 0 fully saturated rings. The van der Waals surface area contributed by atoms with Crippen molar-refractivity contribution in [3.8, 4) is 0 Å². The maximum Gasteiger partial charge on any atom is 0.276 e. The van der Waals surface area contributed by atoms with Gasteiger partial charge in [0.2, 0.25) is 0 Å². The van der Waals surface area contributed by atoms with Crippen molar-refractivity contribution in [1.29, 1.82) is 0 Å². The summed E-state index contributed by atoms with van der Waals surface area (Å²) in [5.41, 5.74) is 4.33. The molecule has 1 aromatic heterocycles. The van der Waals surface area contributed by atoms with Crippen LogP contribution in [-0.2, 0) is 10.3 Å². The van der Waals surface area contributed by atoms with E-state index in [1.54, 1.807) is 12.1 Å². The van der Waals surface area contributed by atoms with Crippen LogP contribution >= 0.6 is 11.6 Å². The molecule has 2 heterocycles. The monoisotopic (exact) mass is 394 g/mol. The number of nitrogens with two attached hydrogens (primary N) is 1. The summed E-state index contributed by atoms with van der Waals surface area (Å²) in [6.45, 7) is 0.436. The summed E-state index contributed by atoms with van der Waals surface area (Å²) in [7, 11) is 0. The number of benzene rings is 1. The fraction of sp³-hybridized carbons (Fsp3) is 0.278. The van der Waals surface area contributed by atoms with Crippen LogP contribution in [0.2, 0.25) is 5.02 Å². The first kappa shape index (κ1) is 19.2. The summed E-state index contributed by atoms with van der Waals surface area (Å²) in [4.78, 5) is 20.3. The minimum atomic E-state index is -3.24. The second-order valence-corrected chi connectivity index (χ2v) is 6.68. The quantitative estimate of drug-likeness (QED) is 0.833. The predicted octanol–water partition coefficient (Wildman–Crippen LogP) is 3.23. The van der Waals surface area contributed by atoms with Crippen molar-refractivity contribution in [2.45, 2.75) is 18.4 Å². The van der Waals surface area contributed by atoms with Gasteiger partial charge in [0.15, 0.2) is 5.54 Å². The van der Waals surface area contributed by atoms with E-state index in [1.807, 2.05) is 0 Å². The molecule has 3 N–H and O–H groups in total. The summed E-state index contributed by atoms with van der Waals surface area (Å²) in [6, 6.07) is 9.05. The number of hydrogen-bond donors (Lipinski definition) is 2. The minimum Gasteiger partial charge on any atom is -0.385 e. The highest BCUT2D eigenvalue weighted by atomic mass is 35.5. The molecular formula is C18H17ClF2N4O2. The number of nitrogens with one attached hydrogen (secondary N) is 1. The van der Waals surface area contributed by atoms with Gasteiger partial charge in [-0.3, -0.25) is 9.79 Å². The van der Waals surface area contributed by atoms with Gasteiger partial charge < -0.3 is 15.8 Å². The van der Waals surface area contributed by atoms with Crippen LogP contribution in [0.25, 0.3) is 0 Å². The van der Waals surface area contributed by atoms with E-state index in [4.69, 9.17) is 22.1 Å². The number of hydrogen-bond acceptors (Lipinski definition) is 5.